The normalized spacial score (nSPS) is 12.0. The molecule has 0 aliphatic rings. The highest BCUT2D eigenvalue weighted by atomic mass is 19.4. The number of nitrogens with two attached hydrogens (primary N) is 2. The zero-order valence-electron chi connectivity index (χ0n) is 20.3. The van der Waals surface area contributed by atoms with Crippen molar-refractivity contribution in [2.45, 2.75) is 44.6 Å². The molecule has 5 nitrogen and oxygen atoms in total. The molecule has 0 heterocycles. The average molecular weight is 535 g/mol. The largest absolute Gasteiger partial charge is 0.458 e. The van der Waals surface area contributed by atoms with E-state index in [9.17, 15) is 26.7 Å². The van der Waals surface area contributed by atoms with Crippen molar-refractivity contribution in [3.63, 3.8) is 0 Å². The number of halogens is 5. The maximum Gasteiger partial charge on any atom is 0.426 e. The molecule has 0 radical (unpaired) electrons. The molecule has 10 heteroatoms. The van der Waals surface area contributed by atoms with Crippen molar-refractivity contribution in [1.29, 1.82) is 0 Å². The molecule has 0 spiro atoms. The molecule has 0 saturated heterocycles. The molecule has 0 fully saturated rings. The molecule has 202 valence electrons. The minimum absolute atomic E-state index is 0.0182. The number of benzene rings is 3. The van der Waals surface area contributed by atoms with Crippen LogP contribution in [0.1, 0.15) is 41.5 Å². The van der Waals surface area contributed by atoms with Crippen LogP contribution in [0.25, 0.3) is 6.08 Å². The Morgan fingerprint density at radius 2 is 1.55 bits per heavy atom. The molecule has 0 unspecified atom stereocenters. The predicted octanol–water partition coefficient (Wildman–Crippen LogP) is 7.01. The minimum Gasteiger partial charge on any atom is -0.458 e. The van der Waals surface area contributed by atoms with Gasteiger partial charge in [0.1, 0.15) is 12.4 Å². The van der Waals surface area contributed by atoms with E-state index in [4.69, 9.17) is 20.9 Å². The van der Waals surface area contributed by atoms with Gasteiger partial charge in [-0.15, -0.1) is 0 Å². The first-order chi connectivity index (χ1) is 17.9. The fourth-order valence-electron chi connectivity index (χ4n) is 3.48. The quantitative estimate of drug-likeness (QED) is 0.0908. The number of nitrogen functional groups attached to an aromatic ring is 2. The highest BCUT2D eigenvalue weighted by molar-refractivity contribution is 5.87. The first kappa shape index (κ1) is 28.5. The summed E-state index contributed by atoms with van der Waals surface area (Å²) < 4.78 is 75.8. The van der Waals surface area contributed by atoms with Gasteiger partial charge >= 0.3 is 18.3 Å². The molecule has 38 heavy (non-hydrogen) atoms. The molecular formula is C28H27F5N2O3. The number of aryl methyl sites for hydroxylation is 1. The SMILES string of the molecule is Nc1ccc(COC(=O)/C=C/c2ccc(OC(F)(F)c3ccc(CCCCC(F)(F)F)cc3)cc2)c(N)c1. The summed E-state index contributed by atoms with van der Waals surface area (Å²) in [5.74, 6) is -0.707. The number of carbonyl (C=O) groups excluding carboxylic acids is 1. The zero-order chi connectivity index (χ0) is 27.8. The van der Waals surface area contributed by atoms with Crippen LogP contribution in [-0.4, -0.2) is 12.1 Å². The van der Waals surface area contributed by atoms with E-state index in [0.29, 0.717) is 40.9 Å². The topological polar surface area (TPSA) is 87.6 Å². The van der Waals surface area contributed by atoms with Crippen LogP contribution in [0.2, 0.25) is 0 Å². The Labute approximate surface area is 216 Å². The number of carbonyl (C=O) groups is 1. The lowest BCUT2D eigenvalue weighted by Gasteiger charge is -2.18. The van der Waals surface area contributed by atoms with Crippen LogP contribution < -0.4 is 16.2 Å². The van der Waals surface area contributed by atoms with E-state index in [1.165, 1.54) is 60.7 Å². The van der Waals surface area contributed by atoms with Crippen LogP contribution in [0.5, 0.6) is 5.75 Å². The van der Waals surface area contributed by atoms with E-state index in [1.807, 2.05) is 0 Å². The third-order valence-corrected chi connectivity index (χ3v) is 5.54. The Morgan fingerprint density at radius 1 is 0.868 bits per heavy atom. The zero-order valence-corrected chi connectivity index (χ0v) is 20.3. The number of hydrogen-bond donors (Lipinski definition) is 2. The van der Waals surface area contributed by atoms with E-state index in [2.05, 4.69) is 0 Å². The second kappa shape index (κ2) is 12.4. The highest BCUT2D eigenvalue weighted by Crippen LogP contribution is 2.32. The van der Waals surface area contributed by atoms with E-state index in [-0.39, 0.29) is 24.3 Å². The summed E-state index contributed by atoms with van der Waals surface area (Å²) in [6.45, 7) is -0.0316. The van der Waals surface area contributed by atoms with Crippen LogP contribution in [0.15, 0.2) is 72.8 Å². The van der Waals surface area contributed by atoms with Gasteiger partial charge in [0.15, 0.2) is 0 Å². The van der Waals surface area contributed by atoms with Crippen LogP contribution in [0, 0.1) is 0 Å². The molecule has 0 aliphatic heterocycles. The first-order valence-electron chi connectivity index (χ1n) is 11.7. The molecule has 0 bridgehead atoms. The number of alkyl halides is 5. The lowest BCUT2D eigenvalue weighted by molar-refractivity contribution is -0.185. The van der Waals surface area contributed by atoms with Crippen molar-refractivity contribution in [3.05, 3.63) is 95.1 Å². The van der Waals surface area contributed by atoms with Crippen LogP contribution in [0.4, 0.5) is 33.3 Å². The fraction of sp³-hybridized carbons (Fsp3) is 0.250. The average Bonchev–Trinajstić information content (AvgIpc) is 2.85. The van der Waals surface area contributed by atoms with Gasteiger partial charge in [-0.25, -0.2) is 4.79 Å². The molecule has 0 amide bonds. The monoisotopic (exact) mass is 534 g/mol. The molecule has 0 aliphatic carbocycles. The molecule has 0 aromatic heterocycles. The smallest absolute Gasteiger partial charge is 0.426 e. The summed E-state index contributed by atoms with van der Waals surface area (Å²) in [5.41, 5.74) is 13.8. The number of anilines is 2. The third kappa shape index (κ3) is 9.10. The Balaban J connectivity index is 1.49. The Hall–Kier alpha value is -4.08. The summed E-state index contributed by atoms with van der Waals surface area (Å²) in [5, 5.41) is 0. The summed E-state index contributed by atoms with van der Waals surface area (Å²) >= 11 is 0. The van der Waals surface area contributed by atoms with Gasteiger partial charge in [0.2, 0.25) is 0 Å². The number of hydrogen-bond acceptors (Lipinski definition) is 5. The van der Waals surface area contributed by atoms with E-state index in [1.54, 1.807) is 18.2 Å². The lowest BCUT2D eigenvalue weighted by atomic mass is 10.0. The van der Waals surface area contributed by atoms with Gasteiger partial charge in [-0.2, -0.15) is 22.0 Å². The van der Waals surface area contributed by atoms with Crippen molar-refractivity contribution < 1.29 is 36.2 Å². The maximum absolute atomic E-state index is 14.6. The number of unbranched alkanes of at least 4 members (excludes halogenated alkanes) is 1. The summed E-state index contributed by atoms with van der Waals surface area (Å²) in [4.78, 5) is 12.0. The first-order valence-corrected chi connectivity index (χ1v) is 11.7. The van der Waals surface area contributed by atoms with Crippen molar-refractivity contribution in [3.8, 4) is 5.75 Å². The van der Waals surface area contributed by atoms with Crippen LogP contribution in [0.3, 0.4) is 0 Å². The van der Waals surface area contributed by atoms with Gasteiger partial charge in [0, 0.05) is 29.4 Å². The molecular weight excluding hydrogens is 507 g/mol. The van der Waals surface area contributed by atoms with E-state index in [0.717, 1.165) is 0 Å². The third-order valence-electron chi connectivity index (χ3n) is 5.54. The Kier molecular flexibility index (Phi) is 9.33. The van der Waals surface area contributed by atoms with Crippen molar-refractivity contribution in [2.24, 2.45) is 0 Å². The molecule has 0 atom stereocenters. The lowest BCUT2D eigenvalue weighted by Crippen LogP contribution is -2.21. The summed E-state index contributed by atoms with van der Waals surface area (Å²) in [6.07, 6.45) is -5.38. The van der Waals surface area contributed by atoms with Gasteiger partial charge in [-0.1, -0.05) is 30.3 Å². The van der Waals surface area contributed by atoms with Gasteiger partial charge in [0.25, 0.3) is 0 Å². The Bertz CT molecular complexity index is 1240. The second-order valence-corrected chi connectivity index (χ2v) is 8.61. The summed E-state index contributed by atoms with van der Waals surface area (Å²) in [7, 11) is 0. The summed E-state index contributed by atoms with van der Waals surface area (Å²) in [6, 6.07) is 15.8. The van der Waals surface area contributed by atoms with Gasteiger partial charge in [0.05, 0.1) is 5.56 Å². The van der Waals surface area contributed by atoms with Gasteiger partial charge in [-0.3, -0.25) is 0 Å². The second-order valence-electron chi connectivity index (χ2n) is 8.61. The van der Waals surface area contributed by atoms with Crippen molar-refractivity contribution >= 4 is 23.4 Å². The standard InChI is InChI=1S/C28H27F5N2O3/c29-27(30,31)16-2-1-3-19-4-10-22(11-5-19)28(32,33)38-24-13-6-20(7-14-24)8-15-26(36)37-18-21-9-12-23(34)17-25(21)35/h4-15,17H,1-3,16,18,34-35H2/b15-8+. The maximum atomic E-state index is 14.6. The fourth-order valence-corrected chi connectivity index (χ4v) is 3.48. The van der Waals surface area contributed by atoms with Gasteiger partial charge in [-0.05, 0) is 72.9 Å². The number of rotatable bonds is 11. The van der Waals surface area contributed by atoms with Gasteiger partial charge < -0.3 is 20.9 Å². The van der Waals surface area contributed by atoms with Crippen molar-refractivity contribution in [2.75, 3.05) is 11.5 Å². The Morgan fingerprint density at radius 3 is 2.18 bits per heavy atom. The van der Waals surface area contributed by atoms with Crippen LogP contribution in [-0.2, 0) is 28.7 Å². The number of esters is 1. The van der Waals surface area contributed by atoms with Crippen molar-refractivity contribution in [1.82, 2.24) is 0 Å². The highest BCUT2D eigenvalue weighted by Gasteiger charge is 2.34. The molecule has 0 saturated carbocycles. The van der Waals surface area contributed by atoms with E-state index >= 15 is 0 Å². The molecule has 3 aromatic rings. The number of ether oxygens (including phenoxy) is 2. The molecule has 3 aromatic carbocycles. The van der Waals surface area contributed by atoms with E-state index < -0.39 is 24.7 Å². The molecule has 4 N–H and O–H groups in total. The van der Waals surface area contributed by atoms with Crippen LogP contribution >= 0.6 is 0 Å². The molecule has 3 rings (SSSR count). The predicted molar refractivity (Wildman–Crippen MR) is 135 cm³/mol. The minimum atomic E-state index is -4.20.